The van der Waals surface area contributed by atoms with Gasteiger partial charge in [0.1, 0.15) is 0 Å². The van der Waals surface area contributed by atoms with E-state index in [1.165, 1.54) is 30.5 Å². The zero-order chi connectivity index (χ0) is 17.7. The van der Waals surface area contributed by atoms with Gasteiger partial charge in [0, 0.05) is 31.2 Å². The van der Waals surface area contributed by atoms with E-state index in [2.05, 4.69) is 41.4 Å². The fraction of sp³-hybridized carbons (Fsp3) is 0.667. The first-order valence-electron chi connectivity index (χ1n) is 9.91. The molecule has 1 heterocycles. The van der Waals surface area contributed by atoms with Crippen molar-refractivity contribution < 1.29 is 4.79 Å². The first kappa shape index (κ1) is 18.2. The number of carbonyl (C=O) groups excluding carboxylic acids is 1. The summed E-state index contributed by atoms with van der Waals surface area (Å²) < 4.78 is 0. The molecular weight excluding hydrogens is 310 g/mol. The molecule has 0 spiro atoms. The van der Waals surface area contributed by atoms with Gasteiger partial charge in [0.2, 0.25) is 5.91 Å². The number of rotatable bonds is 5. The first-order chi connectivity index (χ1) is 12.1. The molecule has 1 saturated heterocycles. The molecule has 0 bridgehead atoms. The van der Waals surface area contributed by atoms with Gasteiger partial charge >= 0.3 is 0 Å². The number of aryl methyl sites for hydroxylation is 1. The Bertz CT molecular complexity index is 572. The van der Waals surface area contributed by atoms with Crippen LogP contribution < -0.4 is 11.1 Å². The van der Waals surface area contributed by atoms with E-state index in [1.807, 2.05) is 0 Å². The van der Waals surface area contributed by atoms with Crippen LogP contribution in [0, 0.1) is 12.3 Å². The molecular formula is C21H33N3O. The molecule has 3 rings (SSSR count). The summed E-state index contributed by atoms with van der Waals surface area (Å²) in [6.07, 6.45) is 8.71. The van der Waals surface area contributed by atoms with Crippen molar-refractivity contribution in [2.45, 2.75) is 64.3 Å². The average molecular weight is 344 g/mol. The van der Waals surface area contributed by atoms with Crippen molar-refractivity contribution in [3.05, 3.63) is 29.8 Å². The Morgan fingerprint density at radius 1 is 1.24 bits per heavy atom. The van der Waals surface area contributed by atoms with Gasteiger partial charge < -0.3 is 16.0 Å². The second-order valence-corrected chi connectivity index (χ2v) is 8.11. The minimum atomic E-state index is 0.0754. The predicted octanol–water partition coefficient (Wildman–Crippen LogP) is 3.70. The molecule has 1 saturated carbocycles. The Hall–Kier alpha value is -1.55. The lowest BCUT2D eigenvalue weighted by Crippen LogP contribution is -2.45. The highest BCUT2D eigenvalue weighted by atomic mass is 16.2. The van der Waals surface area contributed by atoms with Crippen LogP contribution in [0.3, 0.4) is 0 Å². The van der Waals surface area contributed by atoms with Gasteiger partial charge in [-0.15, -0.1) is 0 Å². The third kappa shape index (κ3) is 4.75. The van der Waals surface area contributed by atoms with E-state index in [4.69, 9.17) is 5.73 Å². The quantitative estimate of drug-likeness (QED) is 0.857. The van der Waals surface area contributed by atoms with E-state index < -0.39 is 0 Å². The average Bonchev–Trinajstić information content (AvgIpc) is 2.63. The molecule has 1 aliphatic heterocycles. The predicted molar refractivity (Wildman–Crippen MR) is 104 cm³/mol. The highest BCUT2D eigenvalue weighted by Gasteiger charge is 2.35. The number of hydrogen-bond donors (Lipinski definition) is 2. The van der Waals surface area contributed by atoms with E-state index >= 15 is 0 Å². The number of nitrogens with one attached hydrogen (secondary N) is 1. The van der Waals surface area contributed by atoms with E-state index in [0.29, 0.717) is 24.9 Å². The van der Waals surface area contributed by atoms with Gasteiger partial charge in [0.25, 0.3) is 0 Å². The Morgan fingerprint density at radius 2 is 1.96 bits per heavy atom. The molecule has 0 atom stereocenters. The highest BCUT2D eigenvalue weighted by molar-refractivity contribution is 5.77. The van der Waals surface area contributed by atoms with Gasteiger partial charge in [-0.1, -0.05) is 31.4 Å². The number of nitrogens with two attached hydrogens (primary N) is 1. The summed E-state index contributed by atoms with van der Waals surface area (Å²) in [5, 5.41) is 3.62. The molecule has 138 valence electrons. The van der Waals surface area contributed by atoms with E-state index in [9.17, 15) is 4.79 Å². The number of piperidine rings is 1. The van der Waals surface area contributed by atoms with Crippen molar-refractivity contribution in [1.29, 1.82) is 0 Å². The SMILES string of the molecule is Cc1cccc(NC2CCN(C(=O)CC3(CN)CCCCC3)CC2)c1. The minimum Gasteiger partial charge on any atom is -0.382 e. The van der Waals surface area contributed by atoms with E-state index in [1.54, 1.807) is 0 Å². The third-order valence-electron chi connectivity index (χ3n) is 6.11. The Kier molecular flexibility index (Phi) is 6.00. The summed E-state index contributed by atoms with van der Waals surface area (Å²) in [6, 6.07) is 8.98. The fourth-order valence-electron chi connectivity index (χ4n) is 4.43. The van der Waals surface area contributed by atoms with E-state index in [-0.39, 0.29) is 5.41 Å². The van der Waals surface area contributed by atoms with Crippen LogP contribution in [0.1, 0.15) is 56.9 Å². The molecule has 0 aromatic heterocycles. The summed E-state index contributed by atoms with van der Waals surface area (Å²) in [7, 11) is 0. The van der Waals surface area contributed by atoms with Gasteiger partial charge in [-0.25, -0.2) is 0 Å². The number of amides is 1. The van der Waals surface area contributed by atoms with Crippen molar-refractivity contribution in [1.82, 2.24) is 4.90 Å². The Labute approximate surface area is 152 Å². The van der Waals surface area contributed by atoms with Gasteiger partial charge in [0.05, 0.1) is 0 Å². The topological polar surface area (TPSA) is 58.4 Å². The van der Waals surface area contributed by atoms with Gasteiger partial charge in [-0.2, -0.15) is 0 Å². The van der Waals surface area contributed by atoms with Crippen LogP contribution in [-0.2, 0) is 4.79 Å². The van der Waals surface area contributed by atoms with E-state index in [0.717, 1.165) is 38.8 Å². The third-order valence-corrected chi connectivity index (χ3v) is 6.11. The zero-order valence-electron chi connectivity index (χ0n) is 15.6. The second kappa shape index (κ2) is 8.22. The number of benzene rings is 1. The monoisotopic (exact) mass is 343 g/mol. The van der Waals surface area contributed by atoms with Crippen molar-refractivity contribution in [2.24, 2.45) is 11.1 Å². The van der Waals surface area contributed by atoms with Gasteiger partial charge in [-0.3, -0.25) is 4.79 Å². The summed E-state index contributed by atoms with van der Waals surface area (Å²) in [5.74, 6) is 0.321. The number of hydrogen-bond acceptors (Lipinski definition) is 3. The van der Waals surface area contributed by atoms with Crippen LogP contribution in [0.15, 0.2) is 24.3 Å². The summed E-state index contributed by atoms with van der Waals surface area (Å²) >= 11 is 0. The molecule has 4 heteroatoms. The lowest BCUT2D eigenvalue weighted by Gasteiger charge is -2.39. The molecule has 1 aromatic carbocycles. The van der Waals surface area contributed by atoms with Crippen molar-refractivity contribution >= 4 is 11.6 Å². The van der Waals surface area contributed by atoms with Crippen LogP contribution in [0.5, 0.6) is 0 Å². The second-order valence-electron chi connectivity index (χ2n) is 8.11. The fourth-order valence-corrected chi connectivity index (χ4v) is 4.43. The van der Waals surface area contributed by atoms with Crippen LogP contribution in [-0.4, -0.2) is 36.5 Å². The molecule has 1 amide bonds. The largest absolute Gasteiger partial charge is 0.382 e. The molecule has 25 heavy (non-hydrogen) atoms. The normalized spacial score (nSPS) is 21.1. The van der Waals surface area contributed by atoms with Crippen LogP contribution >= 0.6 is 0 Å². The number of likely N-dealkylation sites (tertiary alicyclic amines) is 1. The van der Waals surface area contributed by atoms with Crippen molar-refractivity contribution in [3.63, 3.8) is 0 Å². The van der Waals surface area contributed by atoms with Crippen LogP contribution in [0.2, 0.25) is 0 Å². The smallest absolute Gasteiger partial charge is 0.223 e. The van der Waals surface area contributed by atoms with Crippen LogP contribution in [0.25, 0.3) is 0 Å². The van der Waals surface area contributed by atoms with Crippen molar-refractivity contribution in [3.8, 4) is 0 Å². The first-order valence-corrected chi connectivity index (χ1v) is 9.91. The maximum Gasteiger partial charge on any atom is 0.223 e. The molecule has 0 unspecified atom stereocenters. The lowest BCUT2D eigenvalue weighted by atomic mass is 9.71. The Morgan fingerprint density at radius 3 is 2.60 bits per heavy atom. The van der Waals surface area contributed by atoms with Gasteiger partial charge in [0.15, 0.2) is 0 Å². The molecule has 2 fully saturated rings. The maximum absolute atomic E-state index is 12.8. The highest BCUT2D eigenvalue weighted by Crippen LogP contribution is 2.39. The standard InChI is InChI=1S/C21H33N3O/c1-17-6-5-7-19(14-17)23-18-8-12-24(13-9-18)20(25)15-21(16-22)10-3-2-4-11-21/h5-7,14,18,23H,2-4,8-13,15-16,22H2,1H3. The molecule has 1 aromatic rings. The molecule has 0 radical (unpaired) electrons. The molecule has 1 aliphatic carbocycles. The molecule has 4 nitrogen and oxygen atoms in total. The number of carbonyl (C=O) groups is 1. The molecule has 3 N–H and O–H groups in total. The summed E-state index contributed by atoms with van der Waals surface area (Å²) in [4.78, 5) is 14.9. The lowest BCUT2D eigenvalue weighted by molar-refractivity contribution is -0.135. The number of nitrogens with zero attached hydrogens (tertiary/aromatic N) is 1. The minimum absolute atomic E-state index is 0.0754. The Balaban J connectivity index is 1.49. The zero-order valence-corrected chi connectivity index (χ0v) is 15.6. The summed E-state index contributed by atoms with van der Waals surface area (Å²) in [5.41, 5.74) is 8.60. The summed E-state index contributed by atoms with van der Waals surface area (Å²) in [6.45, 7) is 4.50. The van der Waals surface area contributed by atoms with Crippen molar-refractivity contribution in [2.75, 3.05) is 25.0 Å². The maximum atomic E-state index is 12.8. The number of anilines is 1. The van der Waals surface area contributed by atoms with Crippen LogP contribution in [0.4, 0.5) is 5.69 Å². The van der Waals surface area contributed by atoms with Gasteiger partial charge in [-0.05, 0) is 62.3 Å². The molecule has 2 aliphatic rings.